The van der Waals surface area contributed by atoms with E-state index in [0.717, 1.165) is 148 Å². The van der Waals surface area contributed by atoms with Crippen molar-refractivity contribution in [2.75, 3.05) is 39.6 Å². The molecule has 0 bridgehead atoms. The van der Waals surface area contributed by atoms with E-state index >= 15 is 0 Å². The van der Waals surface area contributed by atoms with E-state index in [9.17, 15) is 43.2 Å². The number of carbonyl (C=O) groups excluding carboxylic acids is 4. The summed E-state index contributed by atoms with van der Waals surface area (Å²) in [6.45, 7) is 4.88. The number of aliphatic hydroxyl groups is 1. The molecule has 0 rings (SSSR count). The molecule has 0 saturated heterocycles. The minimum Gasteiger partial charge on any atom is -0.462 e. The SMILES string of the molecule is CCCCC/C=C\C/C=C\CCCCCCCC(=O)OC[C@H](COP(=O)(O)OC[C@@H](O)COP(=O)(O)OC[C@@H](COC(=O)CCCCCCC/C=C\CCCCCCCC)OC(=O)CCCCCCCCCCCCCCC)OC(=O)CCCCCCC/C=C\CCCCCCCC. The smallest absolute Gasteiger partial charge is 0.462 e. The van der Waals surface area contributed by atoms with E-state index in [0.29, 0.717) is 25.7 Å². The third kappa shape index (κ3) is 71.4. The maximum atomic E-state index is 13.1. The number of hydrogen-bond donors (Lipinski definition) is 3. The lowest BCUT2D eigenvalue weighted by Gasteiger charge is -2.21. The molecular formula is C79H146O17P2. The Balaban J connectivity index is 5.33. The average Bonchev–Trinajstić information content (AvgIpc) is 1.04. The predicted molar refractivity (Wildman–Crippen MR) is 400 cm³/mol. The zero-order valence-corrected chi connectivity index (χ0v) is 64.5. The van der Waals surface area contributed by atoms with Gasteiger partial charge in [0.1, 0.15) is 19.3 Å². The largest absolute Gasteiger partial charge is 0.472 e. The van der Waals surface area contributed by atoms with Gasteiger partial charge in [-0.05, 0) is 109 Å². The third-order valence-electron chi connectivity index (χ3n) is 17.3. The van der Waals surface area contributed by atoms with Gasteiger partial charge in [0.05, 0.1) is 26.4 Å². The van der Waals surface area contributed by atoms with E-state index < -0.39 is 97.5 Å². The molecule has 0 aliphatic rings. The van der Waals surface area contributed by atoms with E-state index in [1.807, 2.05) is 0 Å². The van der Waals surface area contributed by atoms with Crippen LogP contribution in [-0.2, 0) is 65.4 Å². The molecule has 0 aliphatic heterocycles. The Morgan fingerprint density at radius 1 is 0.286 bits per heavy atom. The molecule has 98 heavy (non-hydrogen) atoms. The molecular weight excluding hydrogens is 1280 g/mol. The van der Waals surface area contributed by atoms with Crippen molar-refractivity contribution >= 4 is 39.5 Å². The van der Waals surface area contributed by atoms with E-state index in [-0.39, 0.29) is 25.7 Å². The van der Waals surface area contributed by atoms with Crippen LogP contribution in [0.3, 0.4) is 0 Å². The Bertz CT molecular complexity index is 2050. The van der Waals surface area contributed by atoms with Crippen LogP contribution >= 0.6 is 15.6 Å². The molecule has 5 atom stereocenters. The quantitative estimate of drug-likeness (QED) is 0.0169. The number of carbonyl (C=O) groups is 4. The molecule has 0 amide bonds. The van der Waals surface area contributed by atoms with Gasteiger partial charge in [0, 0.05) is 25.7 Å². The minimum absolute atomic E-state index is 0.0869. The summed E-state index contributed by atoms with van der Waals surface area (Å²) in [4.78, 5) is 72.9. The maximum Gasteiger partial charge on any atom is 0.472 e. The number of rotatable bonds is 76. The number of esters is 4. The number of hydrogen-bond acceptors (Lipinski definition) is 15. The number of aliphatic hydroxyl groups excluding tert-OH is 1. The molecule has 0 heterocycles. The molecule has 0 fully saturated rings. The molecule has 19 heteroatoms. The van der Waals surface area contributed by atoms with Gasteiger partial charge in [0.2, 0.25) is 0 Å². The lowest BCUT2D eigenvalue weighted by Crippen LogP contribution is -2.30. The Morgan fingerprint density at radius 3 is 0.786 bits per heavy atom. The summed E-state index contributed by atoms with van der Waals surface area (Å²) < 4.78 is 68.6. The number of unbranched alkanes of at least 4 members (excludes halogenated alkanes) is 42. The topological polar surface area (TPSA) is 237 Å². The van der Waals surface area contributed by atoms with Crippen molar-refractivity contribution < 1.29 is 80.2 Å². The minimum atomic E-state index is -4.97. The summed E-state index contributed by atoms with van der Waals surface area (Å²) in [5.74, 6) is -2.17. The highest BCUT2D eigenvalue weighted by Crippen LogP contribution is 2.45. The van der Waals surface area contributed by atoms with E-state index in [4.69, 9.17) is 37.0 Å². The summed E-state index contributed by atoms with van der Waals surface area (Å²) in [7, 11) is -9.94. The zero-order chi connectivity index (χ0) is 71.8. The molecule has 0 saturated carbocycles. The summed E-state index contributed by atoms with van der Waals surface area (Å²) in [6, 6.07) is 0. The Kier molecular flexibility index (Phi) is 70.2. The average molecular weight is 1430 g/mol. The second-order valence-electron chi connectivity index (χ2n) is 27.0. The van der Waals surface area contributed by atoms with Gasteiger partial charge in [-0.15, -0.1) is 0 Å². The molecule has 0 aliphatic carbocycles. The molecule has 0 radical (unpaired) electrons. The van der Waals surface area contributed by atoms with E-state index in [2.05, 4.69) is 76.3 Å². The van der Waals surface area contributed by atoms with Crippen molar-refractivity contribution in [1.82, 2.24) is 0 Å². The number of phosphoric acid groups is 2. The fourth-order valence-electron chi connectivity index (χ4n) is 11.1. The molecule has 0 aromatic heterocycles. The monoisotopic (exact) mass is 1430 g/mol. The standard InChI is InChI=1S/C79H146O17P2/c1-5-9-13-17-21-25-29-33-36-40-43-47-51-55-59-63-76(81)89-69-74(95-78(83)65-61-57-53-49-45-39-32-28-24-20-16-12-8-4)71-93-97(85,86)91-67-73(80)68-92-98(87,88)94-72-75(96-79(84)66-62-58-54-50-46-42-38-35-31-27-23-19-15-11-7-3)70-90-77(82)64-60-56-52-48-44-41-37-34-30-26-22-18-14-10-6-2/h22,26,33-38,73-75,80H,5-21,23-25,27-32,39-72H2,1-4H3,(H,85,86)(H,87,88)/b26-22-,36-33-,37-34-,38-35-/t73-,74+,75+/m0/s1. The van der Waals surface area contributed by atoms with Crippen LogP contribution in [0.4, 0.5) is 0 Å². The van der Waals surface area contributed by atoms with Crippen LogP contribution < -0.4 is 0 Å². The Hall–Kier alpha value is -2.98. The van der Waals surface area contributed by atoms with Gasteiger partial charge in [0.25, 0.3) is 0 Å². The summed E-state index contributed by atoms with van der Waals surface area (Å²) in [5, 5.41) is 10.6. The first kappa shape index (κ1) is 95.0. The van der Waals surface area contributed by atoms with Crippen molar-refractivity contribution in [2.24, 2.45) is 0 Å². The molecule has 2 unspecified atom stereocenters. The van der Waals surface area contributed by atoms with Gasteiger partial charge in [-0.2, -0.15) is 0 Å². The second kappa shape index (κ2) is 72.4. The van der Waals surface area contributed by atoms with Crippen LogP contribution in [0.5, 0.6) is 0 Å². The highest BCUT2D eigenvalue weighted by molar-refractivity contribution is 7.47. The van der Waals surface area contributed by atoms with Crippen LogP contribution in [-0.4, -0.2) is 96.7 Å². The van der Waals surface area contributed by atoms with Crippen LogP contribution in [0, 0.1) is 0 Å². The summed E-state index contributed by atoms with van der Waals surface area (Å²) in [6.07, 6.45) is 69.4. The van der Waals surface area contributed by atoms with E-state index in [1.54, 1.807) is 0 Å². The molecule has 17 nitrogen and oxygen atoms in total. The van der Waals surface area contributed by atoms with Crippen molar-refractivity contribution in [3.05, 3.63) is 48.6 Å². The number of allylic oxidation sites excluding steroid dienone is 8. The van der Waals surface area contributed by atoms with Crippen molar-refractivity contribution in [2.45, 2.75) is 393 Å². The molecule has 574 valence electrons. The summed E-state index contributed by atoms with van der Waals surface area (Å²) >= 11 is 0. The lowest BCUT2D eigenvalue weighted by molar-refractivity contribution is -0.161. The van der Waals surface area contributed by atoms with Crippen LogP contribution in [0.1, 0.15) is 374 Å². The molecule has 0 spiro atoms. The highest BCUT2D eigenvalue weighted by Gasteiger charge is 2.30. The first-order chi connectivity index (χ1) is 47.7. The Labute approximate surface area is 597 Å². The Morgan fingerprint density at radius 2 is 0.500 bits per heavy atom. The van der Waals surface area contributed by atoms with Crippen molar-refractivity contribution in [3.8, 4) is 0 Å². The number of ether oxygens (including phenoxy) is 4. The fraction of sp³-hybridized carbons (Fsp3) is 0.848. The molecule has 0 aromatic carbocycles. The fourth-order valence-corrected chi connectivity index (χ4v) is 12.7. The summed E-state index contributed by atoms with van der Waals surface area (Å²) in [5.41, 5.74) is 0. The number of phosphoric ester groups is 2. The maximum absolute atomic E-state index is 13.1. The van der Waals surface area contributed by atoms with Gasteiger partial charge in [-0.3, -0.25) is 37.3 Å². The zero-order valence-electron chi connectivity index (χ0n) is 62.7. The molecule has 0 aromatic rings. The first-order valence-corrected chi connectivity index (χ1v) is 42.9. The van der Waals surface area contributed by atoms with Crippen LogP contribution in [0.2, 0.25) is 0 Å². The lowest BCUT2D eigenvalue weighted by atomic mass is 10.0. The third-order valence-corrected chi connectivity index (χ3v) is 19.2. The van der Waals surface area contributed by atoms with Gasteiger partial charge in [0.15, 0.2) is 12.2 Å². The van der Waals surface area contributed by atoms with Gasteiger partial charge in [-0.1, -0.05) is 288 Å². The van der Waals surface area contributed by atoms with Crippen molar-refractivity contribution in [1.29, 1.82) is 0 Å². The predicted octanol–water partition coefficient (Wildman–Crippen LogP) is 22.9. The normalized spacial score (nSPS) is 14.2. The van der Waals surface area contributed by atoms with Crippen LogP contribution in [0.25, 0.3) is 0 Å². The molecule has 3 N–H and O–H groups in total. The van der Waals surface area contributed by atoms with Gasteiger partial charge in [-0.25, -0.2) is 9.13 Å². The van der Waals surface area contributed by atoms with Gasteiger partial charge >= 0.3 is 39.5 Å². The van der Waals surface area contributed by atoms with Crippen LogP contribution in [0.15, 0.2) is 48.6 Å². The van der Waals surface area contributed by atoms with Crippen molar-refractivity contribution in [3.63, 3.8) is 0 Å². The first-order valence-electron chi connectivity index (χ1n) is 39.9. The second-order valence-corrected chi connectivity index (χ2v) is 29.9. The van der Waals surface area contributed by atoms with Gasteiger partial charge < -0.3 is 33.8 Å². The highest BCUT2D eigenvalue weighted by atomic mass is 31.2. The van der Waals surface area contributed by atoms with E-state index in [1.165, 1.54) is 148 Å².